The van der Waals surface area contributed by atoms with Crippen molar-refractivity contribution < 1.29 is 9.90 Å². The molecule has 0 radical (unpaired) electrons. The van der Waals surface area contributed by atoms with Gasteiger partial charge in [-0.15, -0.1) is 11.3 Å². The van der Waals surface area contributed by atoms with Gasteiger partial charge in [-0.3, -0.25) is 4.79 Å². The second kappa shape index (κ2) is 6.42. The predicted molar refractivity (Wildman–Crippen MR) is 79.3 cm³/mol. The first-order valence-corrected chi connectivity index (χ1v) is 7.33. The highest BCUT2D eigenvalue weighted by Gasteiger charge is 2.19. The third-order valence-corrected chi connectivity index (χ3v) is 4.29. The lowest BCUT2D eigenvalue weighted by Gasteiger charge is -2.11. The van der Waals surface area contributed by atoms with Crippen molar-refractivity contribution in [3.8, 4) is 0 Å². The second-order valence-electron chi connectivity index (χ2n) is 4.28. The van der Waals surface area contributed by atoms with Crippen molar-refractivity contribution in [1.29, 1.82) is 0 Å². The molecule has 2 aromatic rings. The minimum Gasteiger partial charge on any atom is -0.481 e. The van der Waals surface area contributed by atoms with Crippen LogP contribution >= 0.6 is 34.5 Å². The van der Waals surface area contributed by atoms with Gasteiger partial charge in [0.05, 0.1) is 10.3 Å². The van der Waals surface area contributed by atoms with Gasteiger partial charge in [-0.05, 0) is 42.7 Å². The van der Waals surface area contributed by atoms with Gasteiger partial charge in [0.15, 0.2) is 0 Å². The van der Waals surface area contributed by atoms with Crippen LogP contribution in [0.25, 0.3) is 0 Å². The number of hydrogen-bond acceptors (Lipinski definition) is 2. The van der Waals surface area contributed by atoms with Crippen LogP contribution in [0.15, 0.2) is 36.4 Å². The first-order valence-electron chi connectivity index (χ1n) is 5.76. The third-order valence-electron chi connectivity index (χ3n) is 2.80. The van der Waals surface area contributed by atoms with Crippen molar-refractivity contribution >= 4 is 40.5 Å². The van der Waals surface area contributed by atoms with E-state index in [9.17, 15) is 9.90 Å². The Hall–Kier alpha value is -1.03. The number of rotatable bonds is 5. The Balaban J connectivity index is 2.10. The lowest BCUT2D eigenvalue weighted by atomic mass is 9.96. The van der Waals surface area contributed by atoms with Gasteiger partial charge in [-0.1, -0.05) is 35.3 Å². The fourth-order valence-corrected chi connectivity index (χ4v) is 3.28. The molecular formula is C14H12Cl2O2S. The quantitative estimate of drug-likeness (QED) is 0.879. The molecule has 100 valence electrons. The molecule has 1 heterocycles. The number of halogens is 2. The van der Waals surface area contributed by atoms with Crippen molar-refractivity contribution in [2.24, 2.45) is 5.92 Å². The summed E-state index contributed by atoms with van der Waals surface area (Å²) in [4.78, 5) is 12.3. The standard InChI is InChI=1S/C14H12Cl2O2S/c15-11-3-1-2-9(7-11)6-10(14(17)18)8-12-4-5-13(16)19-12/h1-5,7,10H,6,8H2,(H,17,18). The number of hydrogen-bond donors (Lipinski definition) is 1. The molecule has 5 heteroatoms. The Kier molecular flexibility index (Phi) is 4.86. The maximum absolute atomic E-state index is 11.3. The van der Waals surface area contributed by atoms with E-state index in [1.807, 2.05) is 18.2 Å². The molecular weight excluding hydrogens is 303 g/mol. The molecule has 1 aromatic heterocycles. The maximum atomic E-state index is 11.3. The van der Waals surface area contributed by atoms with Crippen LogP contribution in [0.5, 0.6) is 0 Å². The zero-order chi connectivity index (χ0) is 13.8. The maximum Gasteiger partial charge on any atom is 0.307 e. The molecule has 1 aromatic carbocycles. The van der Waals surface area contributed by atoms with E-state index in [-0.39, 0.29) is 0 Å². The third kappa shape index (κ3) is 4.23. The average Bonchev–Trinajstić information content (AvgIpc) is 2.74. The molecule has 0 bridgehead atoms. The smallest absolute Gasteiger partial charge is 0.307 e. The summed E-state index contributed by atoms with van der Waals surface area (Å²) in [6, 6.07) is 11.0. The predicted octanol–water partition coefficient (Wildman–Crippen LogP) is 4.54. The molecule has 2 nitrogen and oxygen atoms in total. The van der Waals surface area contributed by atoms with E-state index in [1.54, 1.807) is 18.2 Å². The molecule has 0 saturated carbocycles. The van der Waals surface area contributed by atoms with Crippen LogP contribution in [0.2, 0.25) is 9.36 Å². The zero-order valence-electron chi connectivity index (χ0n) is 9.98. The van der Waals surface area contributed by atoms with Gasteiger partial charge in [0.1, 0.15) is 0 Å². The van der Waals surface area contributed by atoms with E-state index in [0.29, 0.717) is 22.2 Å². The molecule has 1 N–H and O–H groups in total. The fraction of sp³-hybridized carbons (Fsp3) is 0.214. The molecule has 1 unspecified atom stereocenters. The molecule has 0 aliphatic rings. The zero-order valence-corrected chi connectivity index (χ0v) is 12.3. The van der Waals surface area contributed by atoms with E-state index < -0.39 is 11.9 Å². The summed E-state index contributed by atoms with van der Waals surface area (Å²) in [7, 11) is 0. The SMILES string of the molecule is O=C(O)C(Cc1cccc(Cl)c1)Cc1ccc(Cl)s1. The summed E-state index contributed by atoms with van der Waals surface area (Å²) >= 11 is 13.2. The molecule has 2 rings (SSSR count). The summed E-state index contributed by atoms with van der Waals surface area (Å²) in [5, 5.41) is 9.94. The van der Waals surface area contributed by atoms with Crippen LogP contribution in [0, 0.1) is 5.92 Å². The summed E-state index contributed by atoms with van der Waals surface area (Å²) in [5.41, 5.74) is 0.933. The van der Waals surface area contributed by atoms with Crippen molar-refractivity contribution in [2.45, 2.75) is 12.8 Å². The molecule has 19 heavy (non-hydrogen) atoms. The minimum absolute atomic E-state index is 0.464. The van der Waals surface area contributed by atoms with Crippen LogP contribution in [0.4, 0.5) is 0 Å². The van der Waals surface area contributed by atoms with Crippen LogP contribution in [0.1, 0.15) is 10.4 Å². The number of carboxylic acids is 1. The number of carbonyl (C=O) groups is 1. The number of aliphatic carboxylic acids is 1. The summed E-state index contributed by atoms with van der Waals surface area (Å²) in [6.45, 7) is 0. The Bertz CT molecular complexity index is 580. The Morgan fingerprint density at radius 1 is 1.21 bits per heavy atom. The number of carboxylic acid groups (broad SMARTS) is 1. The van der Waals surface area contributed by atoms with Gasteiger partial charge in [0, 0.05) is 9.90 Å². The fourth-order valence-electron chi connectivity index (χ4n) is 1.90. The first kappa shape index (κ1) is 14.4. The minimum atomic E-state index is -0.801. The second-order valence-corrected chi connectivity index (χ2v) is 6.52. The molecule has 0 amide bonds. The molecule has 0 aliphatic heterocycles. The summed E-state index contributed by atoms with van der Waals surface area (Å²) in [6.07, 6.45) is 0.949. The molecule has 0 fully saturated rings. The van der Waals surface area contributed by atoms with Crippen LogP contribution in [-0.4, -0.2) is 11.1 Å². The number of benzene rings is 1. The monoisotopic (exact) mass is 314 g/mol. The average molecular weight is 315 g/mol. The molecule has 0 saturated heterocycles. The highest BCUT2D eigenvalue weighted by atomic mass is 35.5. The van der Waals surface area contributed by atoms with Gasteiger partial charge >= 0.3 is 5.97 Å². The topological polar surface area (TPSA) is 37.3 Å². The Morgan fingerprint density at radius 2 is 2.00 bits per heavy atom. The van der Waals surface area contributed by atoms with E-state index >= 15 is 0 Å². The van der Waals surface area contributed by atoms with Gasteiger partial charge in [0.25, 0.3) is 0 Å². The Labute approximate surface area is 125 Å². The van der Waals surface area contributed by atoms with Gasteiger partial charge in [0.2, 0.25) is 0 Å². The van der Waals surface area contributed by atoms with E-state index in [1.165, 1.54) is 11.3 Å². The Morgan fingerprint density at radius 3 is 2.58 bits per heavy atom. The van der Waals surface area contributed by atoms with Gasteiger partial charge < -0.3 is 5.11 Å². The van der Waals surface area contributed by atoms with Crippen molar-refractivity contribution in [1.82, 2.24) is 0 Å². The highest BCUT2D eigenvalue weighted by molar-refractivity contribution is 7.16. The van der Waals surface area contributed by atoms with Crippen molar-refractivity contribution in [2.75, 3.05) is 0 Å². The molecule has 0 aliphatic carbocycles. The van der Waals surface area contributed by atoms with E-state index in [0.717, 1.165) is 10.4 Å². The van der Waals surface area contributed by atoms with Crippen LogP contribution in [-0.2, 0) is 17.6 Å². The largest absolute Gasteiger partial charge is 0.481 e. The van der Waals surface area contributed by atoms with Crippen LogP contribution in [0.3, 0.4) is 0 Å². The van der Waals surface area contributed by atoms with Gasteiger partial charge in [-0.2, -0.15) is 0 Å². The molecule has 0 spiro atoms. The lowest BCUT2D eigenvalue weighted by Crippen LogP contribution is -2.18. The normalized spacial score (nSPS) is 12.3. The highest BCUT2D eigenvalue weighted by Crippen LogP contribution is 2.25. The summed E-state index contributed by atoms with van der Waals surface area (Å²) < 4.78 is 0.682. The van der Waals surface area contributed by atoms with Crippen molar-refractivity contribution in [3.63, 3.8) is 0 Å². The summed E-state index contributed by atoms with van der Waals surface area (Å²) in [5.74, 6) is -1.27. The van der Waals surface area contributed by atoms with E-state index in [2.05, 4.69) is 0 Å². The molecule has 1 atom stereocenters. The lowest BCUT2D eigenvalue weighted by molar-refractivity contribution is -0.141. The van der Waals surface area contributed by atoms with Crippen molar-refractivity contribution in [3.05, 3.63) is 56.2 Å². The van der Waals surface area contributed by atoms with Crippen LogP contribution < -0.4 is 0 Å². The first-order chi connectivity index (χ1) is 9.04. The number of thiophene rings is 1. The van der Waals surface area contributed by atoms with Gasteiger partial charge in [-0.25, -0.2) is 0 Å². The van der Waals surface area contributed by atoms with E-state index in [4.69, 9.17) is 23.2 Å².